The van der Waals surface area contributed by atoms with Crippen molar-refractivity contribution in [1.82, 2.24) is 10.2 Å². The first-order chi connectivity index (χ1) is 9.05. The number of likely N-dealkylation sites (tertiary alicyclic amines) is 1. The number of amides is 1. The molecule has 6 heteroatoms. The van der Waals surface area contributed by atoms with E-state index in [1.807, 2.05) is 0 Å². The molecule has 1 heterocycles. The molecule has 0 radical (unpaired) electrons. The Morgan fingerprint density at radius 2 is 2.11 bits per heavy atom. The lowest BCUT2D eigenvalue weighted by atomic mass is 9.95. The molecule has 0 atom stereocenters. The molecule has 1 amide bonds. The molecule has 108 valence electrons. The Balaban J connectivity index is 1.70. The van der Waals surface area contributed by atoms with Crippen LogP contribution < -0.4 is 11.1 Å². The van der Waals surface area contributed by atoms with E-state index in [1.54, 1.807) is 11.8 Å². The number of carbonyl (C=O) groups is 1. The quantitative estimate of drug-likeness (QED) is 0.721. The van der Waals surface area contributed by atoms with Crippen LogP contribution in [-0.2, 0) is 4.79 Å². The van der Waals surface area contributed by atoms with Crippen LogP contribution in [0.3, 0.4) is 0 Å². The number of piperidine rings is 1. The zero-order valence-corrected chi connectivity index (χ0v) is 13.1. The van der Waals surface area contributed by atoms with E-state index in [9.17, 15) is 4.79 Å². The fourth-order valence-corrected chi connectivity index (χ4v) is 3.72. The normalized spacial score (nSPS) is 23.0. The highest BCUT2D eigenvalue weighted by Gasteiger charge is 2.36. The van der Waals surface area contributed by atoms with Gasteiger partial charge in [0.05, 0.1) is 9.74 Å². The average Bonchev–Trinajstić information content (AvgIpc) is 3.20. The van der Waals surface area contributed by atoms with Gasteiger partial charge in [-0.2, -0.15) is 11.8 Å². The predicted molar refractivity (Wildman–Crippen MR) is 84.5 cm³/mol. The van der Waals surface area contributed by atoms with E-state index in [0.717, 1.165) is 45.3 Å². The Kier molecular flexibility index (Phi) is 5.09. The molecule has 0 bridgehead atoms. The van der Waals surface area contributed by atoms with Crippen LogP contribution in [0.1, 0.15) is 32.1 Å². The van der Waals surface area contributed by atoms with Gasteiger partial charge in [0, 0.05) is 19.0 Å². The molecule has 1 saturated carbocycles. The average molecular weight is 301 g/mol. The minimum absolute atomic E-state index is 0.0257. The monoisotopic (exact) mass is 301 g/mol. The third-order valence-corrected chi connectivity index (χ3v) is 6.03. The van der Waals surface area contributed by atoms with Gasteiger partial charge in [0.2, 0.25) is 5.91 Å². The molecule has 2 rings (SSSR count). The molecule has 0 aromatic heterocycles. The summed E-state index contributed by atoms with van der Waals surface area (Å²) in [5, 5.41) is 3.03. The maximum atomic E-state index is 11.6. The molecule has 1 saturated heterocycles. The van der Waals surface area contributed by atoms with Crippen molar-refractivity contribution in [1.29, 1.82) is 0 Å². The van der Waals surface area contributed by atoms with Gasteiger partial charge in [-0.25, -0.2) is 0 Å². The molecule has 0 aromatic rings. The minimum atomic E-state index is -0.0257. The van der Waals surface area contributed by atoms with E-state index in [-0.39, 0.29) is 10.7 Å². The molecular weight excluding hydrogens is 278 g/mol. The van der Waals surface area contributed by atoms with Gasteiger partial charge in [0.25, 0.3) is 0 Å². The molecule has 1 aliphatic heterocycles. The second-order valence-electron chi connectivity index (χ2n) is 5.50. The lowest BCUT2D eigenvalue weighted by molar-refractivity contribution is -0.121. The zero-order chi connectivity index (χ0) is 13.9. The van der Waals surface area contributed by atoms with Gasteiger partial charge in [-0.1, -0.05) is 12.2 Å². The molecule has 0 spiro atoms. The number of thiocarbonyl (C=S) groups is 1. The number of nitrogens with two attached hydrogens (primary N) is 1. The summed E-state index contributed by atoms with van der Waals surface area (Å²) >= 11 is 6.97. The summed E-state index contributed by atoms with van der Waals surface area (Å²) < 4.78 is -0.0257. The van der Waals surface area contributed by atoms with Gasteiger partial charge < -0.3 is 16.0 Å². The van der Waals surface area contributed by atoms with Gasteiger partial charge in [0.15, 0.2) is 0 Å². The van der Waals surface area contributed by atoms with Crippen molar-refractivity contribution in [3.05, 3.63) is 0 Å². The van der Waals surface area contributed by atoms with Gasteiger partial charge in [-0.3, -0.25) is 4.79 Å². The number of nitrogens with zero attached hydrogens (tertiary/aromatic N) is 1. The van der Waals surface area contributed by atoms with Gasteiger partial charge >= 0.3 is 0 Å². The van der Waals surface area contributed by atoms with E-state index in [0.29, 0.717) is 17.5 Å². The summed E-state index contributed by atoms with van der Waals surface area (Å²) in [5.74, 6) is 0.193. The molecule has 2 fully saturated rings. The van der Waals surface area contributed by atoms with E-state index in [4.69, 9.17) is 18.0 Å². The van der Waals surface area contributed by atoms with E-state index in [1.165, 1.54) is 0 Å². The van der Waals surface area contributed by atoms with Crippen molar-refractivity contribution in [2.45, 2.75) is 42.9 Å². The van der Waals surface area contributed by atoms with E-state index >= 15 is 0 Å². The lowest BCUT2D eigenvalue weighted by Gasteiger charge is -2.40. The first-order valence-electron chi connectivity index (χ1n) is 6.92. The van der Waals surface area contributed by atoms with Crippen molar-refractivity contribution in [3.63, 3.8) is 0 Å². The lowest BCUT2D eigenvalue weighted by Crippen LogP contribution is -2.49. The molecule has 1 aliphatic carbocycles. The fourth-order valence-electron chi connectivity index (χ4n) is 2.48. The third-order valence-electron chi connectivity index (χ3n) is 4.10. The second-order valence-corrected chi connectivity index (χ2v) is 7.13. The standard InChI is InChI=1S/C13H23N3OS2/c1-19-13(12(14)18)5-8-16(9-6-13)7-4-11(17)15-10-2-3-10/h10H,2-9H2,1H3,(H2,14,18)(H,15,17). The smallest absolute Gasteiger partial charge is 0.221 e. The second kappa shape index (κ2) is 6.41. The first kappa shape index (κ1) is 15.1. The summed E-state index contributed by atoms with van der Waals surface area (Å²) in [4.78, 5) is 14.6. The van der Waals surface area contributed by atoms with Crippen molar-refractivity contribution >= 4 is 34.9 Å². The first-order valence-corrected chi connectivity index (χ1v) is 8.56. The van der Waals surface area contributed by atoms with Crippen LogP contribution in [0.5, 0.6) is 0 Å². The van der Waals surface area contributed by atoms with Gasteiger partial charge in [-0.15, -0.1) is 0 Å². The molecule has 4 nitrogen and oxygen atoms in total. The van der Waals surface area contributed by atoms with Gasteiger partial charge in [0.1, 0.15) is 0 Å². The highest BCUT2D eigenvalue weighted by atomic mass is 32.2. The Bertz CT molecular complexity index is 350. The third kappa shape index (κ3) is 4.07. The Hall–Kier alpha value is -0.330. The SMILES string of the molecule is CSC1(C(N)=S)CCN(CCC(=O)NC2CC2)CC1. The van der Waals surface area contributed by atoms with E-state index in [2.05, 4.69) is 16.5 Å². The number of nitrogens with one attached hydrogen (secondary N) is 1. The van der Waals surface area contributed by atoms with Crippen molar-refractivity contribution in [2.24, 2.45) is 5.73 Å². The van der Waals surface area contributed by atoms with Crippen molar-refractivity contribution in [2.75, 3.05) is 25.9 Å². The van der Waals surface area contributed by atoms with Crippen LogP contribution in [0.4, 0.5) is 0 Å². The van der Waals surface area contributed by atoms with Crippen LogP contribution in [0.15, 0.2) is 0 Å². The molecule has 0 unspecified atom stereocenters. The molecule has 19 heavy (non-hydrogen) atoms. The van der Waals surface area contributed by atoms with Crippen LogP contribution in [0.2, 0.25) is 0 Å². The van der Waals surface area contributed by atoms with Crippen LogP contribution in [-0.4, -0.2) is 52.5 Å². The number of hydrogen-bond acceptors (Lipinski definition) is 4. The Labute approximate surface area is 124 Å². The van der Waals surface area contributed by atoms with E-state index < -0.39 is 0 Å². The van der Waals surface area contributed by atoms with Gasteiger partial charge in [-0.05, 0) is 45.0 Å². The molecular formula is C13H23N3OS2. The summed E-state index contributed by atoms with van der Waals surface area (Å²) in [5.41, 5.74) is 5.87. The Morgan fingerprint density at radius 1 is 1.47 bits per heavy atom. The molecule has 0 aromatic carbocycles. The van der Waals surface area contributed by atoms with Crippen molar-refractivity contribution < 1.29 is 4.79 Å². The molecule has 3 N–H and O–H groups in total. The van der Waals surface area contributed by atoms with Crippen LogP contribution >= 0.6 is 24.0 Å². The number of rotatable bonds is 6. The maximum absolute atomic E-state index is 11.6. The van der Waals surface area contributed by atoms with Crippen molar-refractivity contribution in [3.8, 4) is 0 Å². The summed E-state index contributed by atoms with van der Waals surface area (Å²) in [6.45, 7) is 2.81. The van der Waals surface area contributed by atoms with Crippen LogP contribution in [0, 0.1) is 0 Å². The highest BCUT2D eigenvalue weighted by molar-refractivity contribution is 8.02. The zero-order valence-electron chi connectivity index (χ0n) is 11.5. The summed E-state index contributed by atoms with van der Waals surface area (Å²) in [7, 11) is 0. The highest BCUT2D eigenvalue weighted by Crippen LogP contribution is 2.34. The fraction of sp³-hybridized carbons (Fsp3) is 0.846. The topological polar surface area (TPSA) is 58.4 Å². The number of hydrogen-bond donors (Lipinski definition) is 2. The summed E-state index contributed by atoms with van der Waals surface area (Å²) in [6, 6.07) is 0.465. The predicted octanol–water partition coefficient (Wildman–Crippen LogP) is 1.14. The summed E-state index contributed by atoms with van der Waals surface area (Å²) in [6.07, 6.45) is 6.98. The minimum Gasteiger partial charge on any atom is -0.392 e. The Morgan fingerprint density at radius 3 is 2.58 bits per heavy atom. The number of thioether (sulfide) groups is 1. The number of carbonyl (C=O) groups excluding carboxylic acids is 1. The largest absolute Gasteiger partial charge is 0.392 e. The van der Waals surface area contributed by atoms with Crippen LogP contribution in [0.25, 0.3) is 0 Å². The maximum Gasteiger partial charge on any atom is 0.221 e. The molecule has 2 aliphatic rings.